The van der Waals surface area contributed by atoms with Crippen LogP contribution in [0.4, 0.5) is 0 Å². The zero-order chi connectivity index (χ0) is 17.6. The van der Waals surface area contributed by atoms with Crippen molar-refractivity contribution in [1.29, 1.82) is 0 Å². The molecule has 2 aromatic rings. The maximum absolute atomic E-state index is 12.6. The van der Waals surface area contributed by atoms with E-state index in [0.29, 0.717) is 18.6 Å². The summed E-state index contributed by atoms with van der Waals surface area (Å²) in [6.07, 6.45) is 1.14. The van der Waals surface area contributed by atoms with Gasteiger partial charge in [0.25, 0.3) is 0 Å². The molecule has 0 amide bonds. The molecule has 2 N–H and O–H groups in total. The number of benzene rings is 2. The molecule has 0 aromatic heterocycles. The van der Waals surface area contributed by atoms with Gasteiger partial charge in [0.1, 0.15) is 17.4 Å². The lowest BCUT2D eigenvalue weighted by Crippen LogP contribution is -2.37. The Kier molecular flexibility index (Phi) is 3.77. The van der Waals surface area contributed by atoms with Crippen LogP contribution in [-0.4, -0.2) is 31.6 Å². The number of carbonyl (C=O) groups is 1. The molecule has 25 heavy (non-hydrogen) atoms. The van der Waals surface area contributed by atoms with Gasteiger partial charge in [-0.05, 0) is 31.0 Å². The molecule has 1 aliphatic heterocycles. The van der Waals surface area contributed by atoms with Gasteiger partial charge < -0.3 is 9.84 Å². The molecule has 4 rings (SSSR count). The molecule has 1 fully saturated rings. The summed E-state index contributed by atoms with van der Waals surface area (Å²) in [5.74, 6) is -0.848. The summed E-state index contributed by atoms with van der Waals surface area (Å²) in [6.45, 7) is 0. The molecule has 2 aliphatic rings. The van der Waals surface area contributed by atoms with Crippen molar-refractivity contribution in [3.05, 3.63) is 59.7 Å². The summed E-state index contributed by atoms with van der Waals surface area (Å²) < 4.78 is 33.9. The van der Waals surface area contributed by atoms with Gasteiger partial charge in [-0.1, -0.05) is 30.3 Å². The molecular weight excluding hydrogens is 342 g/mol. The van der Waals surface area contributed by atoms with Crippen molar-refractivity contribution in [2.45, 2.75) is 35.8 Å². The van der Waals surface area contributed by atoms with E-state index in [0.717, 1.165) is 5.56 Å². The molecule has 6 nitrogen and oxygen atoms in total. The van der Waals surface area contributed by atoms with Crippen LogP contribution in [0.1, 0.15) is 34.7 Å². The Hall–Kier alpha value is -2.38. The second-order valence-corrected chi connectivity index (χ2v) is 8.04. The number of hydrogen-bond donors (Lipinski definition) is 2. The van der Waals surface area contributed by atoms with Crippen molar-refractivity contribution < 1.29 is 23.1 Å². The fourth-order valence-corrected chi connectivity index (χ4v) is 5.09. The number of carboxylic acids is 1. The van der Waals surface area contributed by atoms with Crippen molar-refractivity contribution in [3.8, 4) is 5.75 Å². The number of rotatable bonds is 4. The summed E-state index contributed by atoms with van der Waals surface area (Å²) in [4.78, 5) is 11.6. The fraction of sp³-hybridized carbons (Fsp3) is 0.278. The zero-order valence-corrected chi connectivity index (χ0v) is 14.1. The standard InChI is InChI=1S/C18H17NO5S/c20-18(21)13-8-4-7-12-16-14(9-10-15(16)24-17(12)13)19-25(22,23)11-5-2-1-3-6-11/h1-8,14-16,19H,9-10H2,(H,20,21). The van der Waals surface area contributed by atoms with E-state index in [2.05, 4.69) is 4.72 Å². The monoisotopic (exact) mass is 359 g/mol. The first kappa shape index (κ1) is 16.1. The Morgan fingerprint density at radius 2 is 1.84 bits per heavy atom. The maximum Gasteiger partial charge on any atom is 0.339 e. The van der Waals surface area contributed by atoms with Crippen LogP contribution >= 0.6 is 0 Å². The van der Waals surface area contributed by atoms with Gasteiger partial charge in [-0.3, -0.25) is 0 Å². The van der Waals surface area contributed by atoms with Gasteiger partial charge in [0.05, 0.1) is 4.90 Å². The first-order chi connectivity index (χ1) is 12.0. The highest BCUT2D eigenvalue weighted by Gasteiger charge is 2.47. The summed E-state index contributed by atoms with van der Waals surface area (Å²) in [5, 5.41) is 9.32. The molecule has 7 heteroatoms. The van der Waals surface area contributed by atoms with Crippen molar-refractivity contribution >= 4 is 16.0 Å². The quantitative estimate of drug-likeness (QED) is 0.874. The normalized spacial score (nSPS) is 24.4. The van der Waals surface area contributed by atoms with Crippen molar-refractivity contribution in [2.75, 3.05) is 0 Å². The predicted octanol–water partition coefficient (Wildman–Crippen LogP) is 2.37. The number of ether oxygens (including phenoxy) is 1. The van der Waals surface area contributed by atoms with Crippen LogP contribution in [0.5, 0.6) is 5.75 Å². The number of fused-ring (bicyclic) bond motifs is 3. The van der Waals surface area contributed by atoms with Crippen LogP contribution in [0.15, 0.2) is 53.4 Å². The summed E-state index contributed by atoms with van der Waals surface area (Å²) in [5.41, 5.74) is 0.889. The number of nitrogens with one attached hydrogen (secondary N) is 1. The van der Waals surface area contributed by atoms with Crippen molar-refractivity contribution in [3.63, 3.8) is 0 Å². The van der Waals surface area contributed by atoms with E-state index in [4.69, 9.17) is 4.74 Å². The summed E-state index contributed by atoms with van der Waals surface area (Å²) in [6, 6.07) is 12.9. The number of aromatic carboxylic acids is 1. The Morgan fingerprint density at radius 3 is 2.56 bits per heavy atom. The van der Waals surface area contributed by atoms with E-state index in [1.807, 2.05) is 6.07 Å². The van der Waals surface area contributed by atoms with Crippen LogP contribution in [0, 0.1) is 0 Å². The third-order valence-electron chi connectivity index (χ3n) is 4.86. The van der Waals surface area contributed by atoms with Crippen molar-refractivity contribution in [1.82, 2.24) is 4.72 Å². The maximum atomic E-state index is 12.6. The second kappa shape index (κ2) is 5.86. The van der Waals surface area contributed by atoms with Gasteiger partial charge in [0.2, 0.25) is 10.0 Å². The molecule has 1 aliphatic carbocycles. The van der Waals surface area contributed by atoms with Gasteiger partial charge >= 0.3 is 5.97 Å². The lowest BCUT2D eigenvalue weighted by molar-refractivity contribution is 0.0691. The summed E-state index contributed by atoms with van der Waals surface area (Å²) >= 11 is 0. The molecule has 0 radical (unpaired) electrons. The molecule has 0 saturated heterocycles. The third-order valence-corrected chi connectivity index (χ3v) is 6.37. The average Bonchev–Trinajstić information content (AvgIpc) is 3.15. The van der Waals surface area contributed by atoms with Gasteiger partial charge in [-0.15, -0.1) is 0 Å². The first-order valence-electron chi connectivity index (χ1n) is 8.07. The molecule has 0 spiro atoms. The van der Waals surface area contributed by atoms with Crippen molar-refractivity contribution in [2.24, 2.45) is 0 Å². The van der Waals surface area contributed by atoms with Crippen LogP contribution < -0.4 is 9.46 Å². The second-order valence-electron chi connectivity index (χ2n) is 6.33. The highest BCUT2D eigenvalue weighted by atomic mass is 32.2. The Balaban J connectivity index is 1.66. The number of sulfonamides is 1. The van der Waals surface area contributed by atoms with E-state index >= 15 is 0 Å². The molecule has 3 atom stereocenters. The Morgan fingerprint density at radius 1 is 1.08 bits per heavy atom. The van der Waals surface area contributed by atoms with E-state index in [1.54, 1.807) is 36.4 Å². The molecule has 3 unspecified atom stereocenters. The SMILES string of the molecule is O=C(O)c1cccc2c1OC1CCC(NS(=O)(=O)c3ccccc3)C21. The topological polar surface area (TPSA) is 92.7 Å². The van der Waals surface area contributed by atoms with Crippen LogP contribution in [0.3, 0.4) is 0 Å². The van der Waals surface area contributed by atoms with Crippen LogP contribution in [0.2, 0.25) is 0 Å². The third kappa shape index (κ3) is 2.69. The van der Waals surface area contributed by atoms with Gasteiger partial charge in [0.15, 0.2) is 0 Å². The van der Waals surface area contributed by atoms with Crippen LogP contribution in [0.25, 0.3) is 0 Å². The highest BCUT2D eigenvalue weighted by Crippen LogP contribution is 2.48. The predicted molar refractivity (Wildman–Crippen MR) is 90.3 cm³/mol. The lowest BCUT2D eigenvalue weighted by Gasteiger charge is -2.19. The minimum atomic E-state index is -3.63. The van der Waals surface area contributed by atoms with E-state index in [-0.39, 0.29) is 28.5 Å². The van der Waals surface area contributed by atoms with E-state index < -0.39 is 16.0 Å². The number of para-hydroxylation sites is 1. The smallest absolute Gasteiger partial charge is 0.339 e. The minimum absolute atomic E-state index is 0.122. The highest BCUT2D eigenvalue weighted by molar-refractivity contribution is 7.89. The number of carboxylic acid groups (broad SMARTS) is 1. The van der Waals surface area contributed by atoms with E-state index in [1.165, 1.54) is 6.07 Å². The molecule has 2 aromatic carbocycles. The Bertz CT molecular complexity index is 926. The van der Waals surface area contributed by atoms with Crippen LogP contribution in [-0.2, 0) is 10.0 Å². The largest absolute Gasteiger partial charge is 0.489 e. The molecule has 130 valence electrons. The molecule has 0 bridgehead atoms. The zero-order valence-electron chi connectivity index (χ0n) is 13.3. The molecule has 1 heterocycles. The van der Waals surface area contributed by atoms with Gasteiger partial charge in [0, 0.05) is 17.5 Å². The van der Waals surface area contributed by atoms with Gasteiger partial charge in [-0.25, -0.2) is 17.9 Å². The summed E-state index contributed by atoms with van der Waals surface area (Å²) in [7, 11) is -3.63. The fourth-order valence-electron chi connectivity index (χ4n) is 3.78. The molecular formula is C18H17NO5S. The average molecular weight is 359 g/mol. The lowest BCUT2D eigenvalue weighted by atomic mass is 9.93. The van der Waals surface area contributed by atoms with Gasteiger partial charge in [-0.2, -0.15) is 0 Å². The Labute approximate surface area is 145 Å². The molecule has 1 saturated carbocycles. The van der Waals surface area contributed by atoms with E-state index in [9.17, 15) is 18.3 Å². The minimum Gasteiger partial charge on any atom is -0.489 e. The first-order valence-corrected chi connectivity index (χ1v) is 9.56. The number of hydrogen-bond acceptors (Lipinski definition) is 4.